The van der Waals surface area contributed by atoms with Crippen molar-refractivity contribution in [3.8, 4) is 0 Å². The van der Waals surface area contributed by atoms with Crippen LogP contribution in [-0.4, -0.2) is 29.1 Å². The van der Waals surface area contributed by atoms with E-state index in [1.165, 1.54) is 9.13 Å². The van der Waals surface area contributed by atoms with Crippen molar-refractivity contribution in [2.24, 2.45) is 5.41 Å². The van der Waals surface area contributed by atoms with Crippen molar-refractivity contribution in [3.63, 3.8) is 0 Å². The Morgan fingerprint density at radius 2 is 2.12 bits per heavy atom. The van der Waals surface area contributed by atoms with Crippen LogP contribution < -0.4 is 0 Å². The quantitative estimate of drug-likeness (QED) is 0.857. The van der Waals surface area contributed by atoms with E-state index < -0.39 is 11.4 Å². The van der Waals surface area contributed by atoms with Gasteiger partial charge in [-0.15, -0.1) is 0 Å². The molecule has 0 amide bonds. The summed E-state index contributed by atoms with van der Waals surface area (Å²) in [4.78, 5) is 13.4. The van der Waals surface area contributed by atoms with Crippen molar-refractivity contribution in [3.05, 3.63) is 33.4 Å². The van der Waals surface area contributed by atoms with Gasteiger partial charge < -0.3 is 5.11 Å². The lowest BCUT2D eigenvalue weighted by Crippen LogP contribution is -2.31. The molecule has 3 nitrogen and oxygen atoms in total. The molecule has 1 heterocycles. The molecule has 1 aromatic carbocycles. The SMILES string of the molecule is CC1(C(=O)O)CCN(Cc2ccc(I)cc2)C1. The van der Waals surface area contributed by atoms with E-state index in [1.54, 1.807) is 0 Å². The van der Waals surface area contributed by atoms with Gasteiger partial charge in [-0.1, -0.05) is 12.1 Å². The number of nitrogens with zero attached hydrogens (tertiary/aromatic N) is 1. The Bertz CT molecular complexity index is 418. The average Bonchev–Trinajstić information content (AvgIpc) is 2.65. The number of carboxylic acid groups (broad SMARTS) is 1. The summed E-state index contributed by atoms with van der Waals surface area (Å²) in [5.74, 6) is -0.678. The lowest BCUT2D eigenvalue weighted by atomic mass is 9.90. The highest BCUT2D eigenvalue weighted by molar-refractivity contribution is 14.1. The van der Waals surface area contributed by atoms with Crippen molar-refractivity contribution in [2.75, 3.05) is 13.1 Å². The number of likely N-dealkylation sites (tertiary alicyclic amines) is 1. The molecule has 1 atom stereocenters. The number of halogens is 1. The third kappa shape index (κ3) is 2.98. The molecule has 0 spiro atoms. The van der Waals surface area contributed by atoms with Crippen LogP contribution in [0.2, 0.25) is 0 Å². The lowest BCUT2D eigenvalue weighted by Gasteiger charge is -2.20. The molecular weight excluding hydrogens is 329 g/mol. The van der Waals surface area contributed by atoms with Crippen LogP contribution in [-0.2, 0) is 11.3 Å². The first-order valence-electron chi connectivity index (χ1n) is 5.70. The highest BCUT2D eigenvalue weighted by Crippen LogP contribution is 2.30. The summed E-state index contributed by atoms with van der Waals surface area (Å²) in [6, 6.07) is 8.39. The first-order chi connectivity index (χ1) is 7.99. The lowest BCUT2D eigenvalue weighted by molar-refractivity contribution is -0.147. The van der Waals surface area contributed by atoms with Crippen LogP contribution in [0.1, 0.15) is 18.9 Å². The molecule has 0 aromatic heterocycles. The first kappa shape index (κ1) is 12.8. The summed E-state index contributed by atoms with van der Waals surface area (Å²) in [6.45, 7) is 4.20. The maximum Gasteiger partial charge on any atom is 0.310 e. The Balaban J connectivity index is 1.98. The summed E-state index contributed by atoms with van der Waals surface area (Å²) in [6.07, 6.45) is 0.743. The largest absolute Gasteiger partial charge is 0.481 e. The summed E-state index contributed by atoms with van der Waals surface area (Å²) in [7, 11) is 0. The van der Waals surface area contributed by atoms with Crippen LogP contribution in [0.15, 0.2) is 24.3 Å². The fraction of sp³-hybridized carbons (Fsp3) is 0.462. The van der Waals surface area contributed by atoms with Gasteiger partial charge in [0.25, 0.3) is 0 Å². The normalized spacial score (nSPS) is 25.1. The van der Waals surface area contributed by atoms with E-state index in [-0.39, 0.29) is 0 Å². The molecule has 1 fully saturated rings. The molecule has 1 aliphatic heterocycles. The van der Waals surface area contributed by atoms with Crippen LogP contribution in [0.3, 0.4) is 0 Å². The van der Waals surface area contributed by atoms with E-state index >= 15 is 0 Å². The highest BCUT2D eigenvalue weighted by Gasteiger charge is 2.40. The molecule has 0 radical (unpaired) electrons. The summed E-state index contributed by atoms with van der Waals surface area (Å²) >= 11 is 2.28. The zero-order valence-electron chi connectivity index (χ0n) is 9.82. The number of hydrogen-bond donors (Lipinski definition) is 1. The van der Waals surface area contributed by atoms with Crippen LogP contribution in [0.4, 0.5) is 0 Å². The third-order valence-electron chi connectivity index (χ3n) is 3.39. The molecule has 0 bridgehead atoms. The van der Waals surface area contributed by atoms with Gasteiger partial charge in [0.15, 0.2) is 0 Å². The molecule has 92 valence electrons. The van der Waals surface area contributed by atoms with Gasteiger partial charge in [0.2, 0.25) is 0 Å². The molecule has 1 saturated heterocycles. The maximum atomic E-state index is 11.1. The Morgan fingerprint density at radius 3 is 2.65 bits per heavy atom. The van der Waals surface area contributed by atoms with E-state index in [9.17, 15) is 4.79 Å². The van der Waals surface area contributed by atoms with E-state index in [0.29, 0.717) is 6.54 Å². The fourth-order valence-corrected chi connectivity index (χ4v) is 2.57. The van der Waals surface area contributed by atoms with Crippen molar-refractivity contribution in [1.82, 2.24) is 4.90 Å². The molecule has 17 heavy (non-hydrogen) atoms. The van der Waals surface area contributed by atoms with Gasteiger partial charge in [-0.25, -0.2) is 0 Å². The van der Waals surface area contributed by atoms with Crippen LogP contribution in [0, 0.1) is 8.99 Å². The van der Waals surface area contributed by atoms with Crippen molar-refractivity contribution >= 4 is 28.6 Å². The van der Waals surface area contributed by atoms with Gasteiger partial charge in [-0.2, -0.15) is 0 Å². The van der Waals surface area contributed by atoms with E-state index in [4.69, 9.17) is 5.11 Å². The molecule has 1 N–H and O–H groups in total. The number of hydrogen-bond acceptors (Lipinski definition) is 2. The van der Waals surface area contributed by atoms with Crippen LogP contribution in [0.5, 0.6) is 0 Å². The number of rotatable bonds is 3. The number of carbonyl (C=O) groups is 1. The number of carboxylic acids is 1. The topological polar surface area (TPSA) is 40.5 Å². The third-order valence-corrected chi connectivity index (χ3v) is 4.11. The molecule has 1 aromatic rings. The first-order valence-corrected chi connectivity index (χ1v) is 6.78. The second-order valence-corrected chi connectivity index (χ2v) is 6.20. The second kappa shape index (κ2) is 4.94. The molecule has 0 aliphatic carbocycles. The molecule has 0 saturated carbocycles. The van der Waals surface area contributed by atoms with Gasteiger partial charge in [0, 0.05) is 16.7 Å². The minimum absolute atomic E-state index is 0.566. The van der Waals surface area contributed by atoms with Gasteiger partial charge in [0.05, 0.1) is 5.41 Å². The Hall–Kier alpha value is -0.620. The minimum atomic E-state index is -0.678. The predicted molar refractivity (Wildman–Crippen MR) is 74.8 cm³/mol. The summed E-state index contributed by atoms with van der Waals surface area (Å²) < 4.78 is 1.23. The number of aliphatic carboxylic acids is 1. The van der Waals surface area contributed by atoms with Crippen molar-refractivity contribution < 1.29 is 9.90 Å². The zero-order chi connectivity index (χ0) is 12.5. The Morgan fingerprint density at radius 1 is 1.47 bits per heavy atom. The smallest absolute Gasteiger partial charge is 0.310 e. The van der Waals surface area contributed by atoms with E-state index in [2.05, 4.69) is 51.8 Å². The molecular formula is C13H16INO2. The average molecular weight is 345 g/mol. The maximum absolute atomic E-state index is 11.1. The Kier molecular flexibility index (Phi) is 3.73. The van der Waals surface area contributed by atoms with Gasteiger partial charge in [0.1, 0.15) is 0 Å². The van der Waals surface area contributed by atoms with Crippen LogP contribution in [0.25, 0.3) is 0 Å². The molecule has 1 aliphatic rings. The van der Waals surface area contributed by atoms with Crippen molar-refractivity contribution in [2.45, 2.75) is 19.9 Å². The Labute approximate surface area is 115 Å². The zero-order valence-corrected chi connectivity index (χ0v) is 12.0. The standard InChI is InChI=1S/C13H16INO2/c1-13(12(16)17)6-7-15(9-13)8-10-2-4-11(14)5-3-10/h2-5H,6-9H2,1H3,(H,16,17). The van der Waals surface area contributed by atoms with Crippen molar-refractivity contribution in [1.29, 1.82) is 0 Å². The fourth-order valence-electron chi connectivity index (χ4n) is 2.21. The summed E-state index contributed by atoms with van der Waals surface area (Å²) in [5.41, 5.74) is 0.684. The predicted octanol–water partition coefficient (Wildman–Crippen LogP) is 2.59. The number of benzene rings is 1. The molecule has 1 unspecified atom stereocenters. The highest BCUT2D eigenvalue weighted by atomic mass is 127. The molecule has 4 heteroatoms. The monoisotopic (exact) mass is 345 g/mol. The summed E-state index contributed by atoms with van der Waals surface area (Å²) in [5, 5.41) is 9.17. The van der Waals surface area contributed by atoms with E-state index in [1.807, 2.05) is 6.92 Å². The minimum Gasteiger partial charge on any atom is -0.481 e. The van der Waals surface area contributed by atoms with Gasteiger partial charge in [-0.05, 0) is 60.2 Å². The molecule has 2 rings (SSSR count). The van der Waals surface area contributed by atoms with Gasteiger partial charge in [-0.3, -0.25) is 9.69 Å². The van der Waals surface area contributed by atoms with Gasteiger partial charge >= 0.3 is 5.97 Å². The second-order valence-electron chi connectivity index (χ2n) is 4.95. The van der Waals surface area contributed by atoms with Crippen LogP contribution >= 0.6 is 22.6 Å². The van der Waals surface area contributed by atoms with E-state index in [0.717, 1.165) is 19.5 Å².